The monoisotopic (exact) mass is 665 g/mol. The molecule has 0 spiro atoms. The predicted molar refractivity (Wildman–Crippen MR) is 177 cm³/mol. The van der Waals surface area contributed by atoms with E-state index in [9.17, 15) is 29.1 Å². The molecule has 266 valence electrons. The third kappa shape index (κ3) is 20.5. The van der Waals surface area contributed by atoms with Crippen LogP contribution in [0.4, 0.5) is 19.2 Å². The number of rotatable bonds is 15. The lowest BCUT2D eigenvalue weighted by Gasteiger charge is -2.34. The summed E-state index contributed by atoms with van der Waals surface area (Å²) in [6, 6.07) is 7.24. The van der Waals surface area contributed by atoms with Gasteiger partial charge in [-0.25, -0.2) is 19.2 Å². The van der Waals surface area contributed by atoms with Crippen LogP contribution in [0, 0.1) is 5.41 Å². The standard InChI is InChI=1S/C33H55N5O9/c1-31(2,3)25(38-29(43)45-21-22-14-11-10-12-15-22)18-24(36-27(40)41)19-26(39)35-20-23(37-30(44)47-33(7,8)9)16-13-17-34-28(42)46-32(4,5)6/h10-12,14-15,23-25,36H,13,16-21H2,1-9H3,(H,34,42)(H,35,39)(H,37,44)(H,38,43)(H,40,41)/t23-,24?,25?/m0/s1. The minimum Gasteiger partial charge on any atom is -0.465 e. The molecule has 2 unspecified atom stereocenters. The van der Waals surface area contributed by atoms with Gasteiger partial charge in [0.2, 0.25) is 5.91 Å². The average molecular weight is 666 g/mol. The quantitative estimate of drug-likeness (QED) is 0.110. The molecular formula is C33H55N5O9. The van der Waals surface area contributed by atoms with E-state index in [1.165, 1.54) is 0 Å². The van der Waals surface area contributed by atoms with Gasteiger partial charge in [0.15, 0.2) is 0 Å². The highest BCUT2D eigenvalue weighted by Gasteiger charge is 2.31. The van der Waals surface area contributed by atoms with Gasteiger partial charge in [-0.1, -0.05) is 51.1 Å². The van der Waals surface area contributed by atoms with E-state index in [4.69, 9.17) is 14.2 Å². The Morgan fingerprint density at radius 1 is 0.745 bits per heavy atom. The molecule has 0 saturated heterocycles. The first-order valence-electron chi connectivity index (χ1n) is 15.8. The zero-order chi connectivity index (χ0) is 35.8. The van der Waals surface area contributed by atoms with Gasteiger partial charge in [-0.2, -0.15) is 0 Å². The SMILES string of the molecule is CC(C)(C)OC(=O)NCCC[C@@H](CNC(=O)CC(CC(NC(=O)OCc1ccccc1)C(C)(C)C)NC(=O)O)NC(=O)OC(C)(C)C. The summed E-state index contributed by atoms with van der Waals surface area (Å²) in [4.78, 5) is 61.7. The molecule has 14 heteroatoms. The van der Waals surface area contributed by atoms with Crippen molar-refractivity contribution in [2.45, 2.75) is 124 Å². The normalized spacial score (nSPS) is 13.6. The van der Waals surface area contributed by atoms with Gasteiger partial charge in [-0.3, -0.25) is 4.79 Å². The summed E-state index contributed by atoms with van der Waals surface area (Å²) in [7, 11) is 0. The number of alkyl carbamates (subject to hydrolysis) is 3. The first-order chi connectivity index (χ1) is 21.6. The first kappa shape index (κ1) is 40.8. The lowest BCUT2D eigenvalue weighted by Crippen LogP contribution is -2.50. The van der Waals surface area contributed by atoms with Crippen LogP contribution in [0.1, 0.15) is 93.6 Å². The van der Waals surface area contributed by atoms with E-state index in [0.717, 1.165) is 5.56 Å². The highest BCUT2D eigenvalue weighted by molar-refractivity contribution is 5.77. The van der Waals surface area contributed by atoms with Crippen LogP contribution < -0.4 is 26.6 Å². The maximum Gasteiger partial charge on any atom is 0.407 e. The molecule has 47 heavy (non-hydrogen) atoms. The highest BCUT2D eigenvalue weighted by atomic mass is 16.6. The van der Waals surface area contributed by atoms with Gasteiger partial charge in [-0.05, 0) is 71.8 Å². The number of nitrogens with one attached hydrogen (secondary N) is 5. The van der Waals surface area contributed by atoms with E-state index in [-0.39, 0.29) is 32.5 Å². The van der Waals surface area contributed by atoms with Crippen molar-refractivity contribution in [2.24, 2.45) is 5.41 Å². The van der Waals surface area contributed by atoms with E-state index in [1.807, 2.05) is 51.1 Å². The number of hydrogen-bond donors (Lipinski definition) is 6. The third-order valence-electron chi connectivity index (χ3n) is 6.49. The van der Waals surface area contributed by atoms with E-state index >= 15 is 0 Å². The third-order valence-corrected chi connectivity index (χ3v) is 6.49. The van der Waals surface area contributed by atoms with Crippen LogP contribution in [0.3, 0.4) is 0 Å². The van der Waals surface area contributed by atoms with Crippen molar-refractivity contribution in [1.29, 1.82) is 0 Å². The summed E-state index contributed by atoms with van der Waals surface area (Å²) >= 11 is 0. The molecule has 0 aromatic heterocycles. The summed E-state index contributed by atoms with van der Waals surface area (Å²) in [6.45, 7) is 16.5. The molecule has 1 aromatic carbocycles. The van der Waals surface area contributed by atoms with Gasteiger partial charge >= 0.3 is 24.4 Å². The molecule has 0 aliphatic carbocycles. The van der Waals surface area contributed by atoms with Crippen molar-refractivity contribution in [3.05, 3.63) is 35.9 Å². The largest absolute Gasteiger partial charge is 0.465 e. The molecule has 14 nitrogen and oxygen atoms in total. The molecule has 1 rings (SSSR count). The molecule has 3 atom stereocenters. The molecule has 0 radical (unpaired) electrons. The Hall–Kier alpha value is -4.23. The van der Waals surface area contributed by atoms with Gasteiger partial charge in [0.05, 0.1) is 0 Å². The molecule has 0 saturated carbocycles. The second-order valence-corrected chi connectivity index (χ2v) is 14.4. The smallest absolute Gasteiger partial charge is 0.407 e. The number of amides is 5. The Bertz CT molecular complexity index is 1160. The fraction of sp³-hybridized carbons (Fsp3) is 0.667. The van der Waals surface area contributed by atoms with E-state index < -0.39 is 65.0 Å². The van der Waals surface area contributed by atoms with E-state index in [2.05, 4.69) is 26.6 Å². The fourth-order valence-electron chi connectivity index (χ4n) is 4.27. The summed E-state index contributed by atoms with van der Waals surface area (Å²) in [5, 5.41) is 22.8. The fourth-order valence-corrected chi connectivity index (χ4v) is 4.27. The van der Waals surface area contributed by atoms with Crippen LogP contribution in [0.15, 0.2) is 30.3 Å². The molecule has 0 heterocycles. The number of carboxylic acid groups (broad SMARTS) is 1. The summed E-state index contributed by atoms with van der Waals surface area (Å²) in [6.07, 6.45) is -2.48. The van der Waals surface area contributed by atoms with Crippen molar-refractivity contribution in [3.8, 4) is 0 Å². The Labute approximate surface area is 278 Å². The molecule has 0 aliphatic rings. The van der Waals surface area contributed by atoms with E-state index in [1.54, 1.807) is 41.5 Å². The van der Waals surface area contributed by atoms with Crippen LogP contribution in [0.2, 0.25) is 0 Å². The van der Waals surface area contributed by atoms with Crippen molar-refractivity contribution >= 4 is 30.3 Å². The summed E-state index contributed by atoms with van der Waals surface area (Å²) in [5.74, 6) is -0.467. The molecule has 6 N–H and O–H groups in total. The topological polar surface area (TPSA) is 193 Å². The predicted octanol–water partition coefficient (Wildman–Crippen LogP) is 5.06. The molecule has 5 amide bonds. The van der Waals surface area contributed by atoms with Crippen molar-refractivity contribution < 1.29 is 43.3 Å². The minimum absolute atomic E-state index is 0.0249. The highest BCUT2D eigenvalue weighted by Crippen LogP contribution is 2.24. The van der Waals surface area contributed by atoms with Gasteiger partial charge in [0.25, 0.3) is 0 Å². The molecule has 0 aliphatic heterocycles. The summed E-state index contributed by atoms with van der Waals surface area (Å²) in [5.41, 5.74) is -1.07. The second kappa shape index (κ2) is 18.8. The van der Waals surface area contributed by atoms with E-state index in [0.29, 0.717) is 12.8 Å². The Morgan fingerprint density at radius 2 is 1.34 bits per heavy atom. The average Bonchev–Trinajstić information content (AvgIpc) is 2.90. The van der Waals surface area contributed by atoms with Gasteiger partial charge in [-0.15, -0.1) is 0 Å². The van der Waals surface area contributed by atoms with Crippen molar-refractivity contribution in [1.82, 2.24) is 26.6 Å². The van der Waals surface area contributed by atoms with Gasteiger partial charge in [0.1, 0.15) is 17.8 Å². The van der Waals surface area contributed by atoms with Crippen LogP contribution in [0.25, 0.3) is 0 Å². The Balaban J connectivity index is 2.84. The Kier molecular flexibility index (Phi) is 16.3. The van der Waals surface area contributed by atoms with Crippen LogP contribution >= 0.6 is 0 Å². The number of hydrogen-bond acceptors (Lipinski definition) is 8. The number of carbonyl (C=O) groups is 5. The minimum atomic E-state index is -1.32. The van der Waals surface area contributed by atoms with Gasteiger partial charge in [0, 0.05) is 37.6 Å². The van der Waals surface area contributed by atoms with Crippen molar-refractivity contribution in [3.63, 3.8) is 0 Å². The van der Waals surface area contributed by atoms with Crippen molar-refractivity contribution in [2.75, 3.05) is 13.1 Å². The number of carbonyl (C=O) groups excluding carboxylic acids is 4. The lowest BCUT2D eigenvalue weighted by atomic mass is 9.82. The molecule has 0 bridgehead atoms. The zero-order valence-corrected chi connectivity index (χ0v) is 29.3. The zero-order valence-electron chi connectivity index (χ0n) is 29.3. The maximum atomic E-state index is 13.0. The summed E-state index contributed by atoms with van der Waals surface area (Å²) < 4.78 is 16.0. The molecular weight excluding hydrogens is 610 g/mol. The molecule has 1 aromatic rings. The molecule has 0 fully saturated rings. The number of benzene rings is 1. The maximum absolute atomic E-state index is 13.0. The number of ether oxygens (including phenoxy) is 3. The Morgan fingerprint density at radius 3 is 1.89 bits per heavy atom. The lowest BCUT2D eigenvalue weighted by molar-refractivity contribution is -0.121. The second-order valence-electron chi connectivity index (χ2n) is 14.4. The van der Waals surface area contributed by atoms with Crippen LogP contribution in [-0.4, -0.2) is 77.8 Å². The van der Waals surface area contributed by atoms with Crippen LogP contribution in [-0.2, 0) is 25.6 Å². The first-order valence-corrected chi connectivity index (χ1v) is 15.8. The van der Waals surface area contributed by atoms with Crippen LogP contribution in [0.5, 0.6) is 0 Å². The van der Waals surface area contributed by atoms with Gasteiger partial charge < -0.3 is 45.9 Å².